The molecule has 1 rings (SSSR count). The van der Waals surface area contributed by atoms with E-state index in [4.69, 9.17) is 10.5 Å². The molecule has 0 aromatic carbocycles. The molecule has 1 saturated heterocycles. The van der Waals surface area contributed by atoms with Crippen molar-refractivity contribution in [1.29, 1.82) is 0 Å². The standard InChI is InChI=1S/C10H21NO/c1-9(2,3)10(4)8(7-11)5-6-12-10/h8H,5-7,11H2,1-4H3. The van der Waals surface area contributed by atoms with E-state index in [1.54, 1.807) is 0 Å². The van der Waals surface area contributed by atoms with E-state index >= 15 is 0 Å². The molecular weight excluding hydrogens is 150 g/mol. The highest BCUT2D eigenvalue weighted by Gasteiger charge is 2.47. The molecule has 72 valence electrons. The summed E-state index contributed by atoms with van der Waals surface area (Å²) in [5, 5.41) is 0. The fraction of sp³-hybridized carbons (Fsp3) is 1.00. The Morgan fingerprint density at radius 1 is 1.50 bits per heavy atom. The van der Waals surface area contributed by atoms with Crippen LogP contribution in [0.15, 0.2) is 0 Å². The minimum Gasteiger partial charge on any atom is -0.374 e. The minimum atomic E-state index is -0.0260. The van der Waals surface area contributed by atoms with E-state index in [1.807, 2.05) is 0 Å². The van der Waals surface area contributed by atoms with Gasteiger partial charge in [0, 0.05) is 12.5 Å². The molecule has 0 spiro atoms. The van der Waals surface area contributed by atoms with Crippen molar-refractivity contribution >= 4 is 0 Å². The molecule has 2 atom stereocenters. The zero-order valence-electron chi connectivity index (χ0n) is 8.68. The molecule has 1 fully saturated rings. The monoisotopic (exact) mass is 171 g/mol. The molecule has 0 amide bonds. The smallest absolute Gasteiger partial charge is 0.0743 e. The molecule has 0 aromatic rings. The molecule has 0 bridgehead atoms. The molecule has 1 aliphatic rings. The van der Waals surface area contributed by atoms with Crippen LogP contribution < -0.4 is 5.73 Å². The van der Waals surface area contributed by atoms with Crippen molar-refractivity contribution in [3.63, 3.8) is 0 Å². The summed E-state index contributed by atoms with van der Waals surface area (Å²) in [6.45, 7) is 10.5. The summed E-state index contributed by atoms with van der Waals surface area (Å²) in [5.74, 6) is 0.525. The largest absolute Gasteiger partial charge is 0.374 e. The normalized spacial score (nSPS) is 37.2. The Balaban J connectivity index is 2.82. The molecule has 2 nitrogen and oxygen atoms in total. The third kappa shape index (κ3) is 1.38. The van der Waals surface area contributed by atoms with Gasteiger partial charge < -0.3 is 10.5 Å². The van der Waals surface area contributed by atoms with Crippen LogP contribution >= 0.6 is 0 Å². The molecule has 0 saturated carbocycles. The summed E-state index contributed by atoms with van der Waals surface area (Å²) in [6.07, 6.45) is 1.12. The van der Waals surface area contributed by atoms with Crippen molar-refractivity contribution in [2.75, 3.05) is 13.2 Å². The third-order valence-corrected chi connectivity index (χ3v) is 3.42. The van der Waals surface area contributed by atoms with Crippen LogP contribution in [0, 0.1) is 11.3 Å². The summed E-state index contributed by atoms with van der Waals surface area (Å²) in [7, 11) is 0. The summed E-state index contributed by atoms with van der Waals surface area (Å²) in [4.78, 5) is 0. The first-order valence-electron chi connectivity index (χ1n) is 4.76. The molecule has 0 radical (unpaired) electrons. The molecule has 0 aromatic heterocycles. The maximum Gasteiger partial charge on any atom is 0.0743 e. The molecule has 0 aliphatic carbocycles. The van der Waals surface area contributed by atoms with Crippen molar-refractivity contribution in [1.82, 2.24) is 0 Å². The Labute approximate surface area is 75.5 Å². The minimum absolute atomic E-state index is 0.0260. The molecule has 2 heteroatoms. The van der Waals surface area contributed by atoms with Gasteiger partial charge in [0.1, 0.15) is 0 Å². The summed E-state index contributed by atoms with van der Waals surface area (Å²) in [5.41, 5.74) is 5.89. The van der Waals surface area contributed by atoms with Crippen molar-refractivity contribution in [3.05, 3.63) is 0 Å². The summed E-state index contributed by atoms with van der Waals surface area (Å²) < 4.78 is 5.83. The average molecular weight is 171 g/mol. The van der Waals surface area contributed by atoms with Gasteiger partial charge in [0.05, 0.1) is 5.60 Å². The van der Waals surface area contributed by atoms with E-state index in [9.17, 15) is 0 Å². The van der Waals surface area contributed by atoms with Gasteiger partial charge in [-0.1, -0.05) is 20.8 Å². The molecule has 12 heavy (non-hydrogen) atoms. The van der Waals surface area contributed by atoms with Gasteiger partial charge >= 0.3 is 0 Å². The van der Waals surface area contributed by atoms with Gasteiger partial charge in [0.15, 0.2) is 0 Å². The van der Waals surface area contributed by atoms with Crippen LogP contribution in [0.4, 0.5) is 0 Å². The molecule has 2 N–H and O–H groups in total. The van der Waals surface area contributed by atoms with E-state index in [0.717, 1.165) is 19.6 Å². The number of hydrogen-bond donors (Lipinski definition) is 1. The van der Waals surface area contributed by atoms with Crippen LogP contribution in [0.5, 0.6) is 0 Å². The highest BCUT2D eigenvalue weighted by Crippen LogP contribution is 2.44. The fourth-order valence-corrected chi connectivity index (χ4v) is 1.98. The lowest BCUT2D eigenvalue weighted by Crippen LogP contribution is -2.47. The van der Waals surface area contributed by atoms with Gasteiger partial charge in [-0.15, -0.1) is 0 Å². The van der Waals surface area contributed by atoms with Crippen LogP contribution in [0.25, 0.3) is 0 Å². The zero-order chi connectivity index (χ0) is 9.41. The predicted molar refractivity (Wildman–Crippen MR) is 51.0 cm³/mol. The van der Waals surface area contributed by atoms with Crippen LogP contribution in [-0.2, 0) is 4.74 Å². The number of rotatable bonds is 1. The SMILES string of the molecule is CC(C)(C)C1(C)OCCC1CN. The lowest BCUT2D eigenvalue weighted by Gasteiger charge is -2.42. The van der Waals surface area contributed by atoms with Crippen molar-refractivity contribution in [2.24, 2.45) is 17.1 Å². The topological polar surface area (TPSA) is 35.2 Å². The highest BCUT2D eigenvalue weighted by atomic mass is 16.5. The van der Waals surface area contributed by atoms with Crippen molar-refractivity contribution in [2.45, 2.75) is 39.7 Å². The average Bonchev–Trinajstić information content (AvgIpc) is 2.30. The predicted octanol–water partition coefficient (Wildman–Crippen LogP) is 1.79. The molecule has 1 aliphatic heterocycles. The van der Waals surface area contributed by atoms with E-state index in [2.05, 4.69) is 27.7 Å². The van der Waals surface area contributed by atoms with Crippen molar-refractivity contribution in [3.8, 4) is 0 Å². The lowest BCUT2D eigenvalue weighted by atomic mass is 9.70. The quantitative estimate of drug-likeness (QED) is 0.652. The van der Waals surface area contributed by atoms with E-state index in [-0.39, 0.29) is 11.0 Å². The van der Waals surface area contributed by atoms with Gasteiger partial charge in [-0.2, -0.15) is 0 Å². The molecular formula is C10H21NO. The van der Waals surface area contributed by atoms with E-state index in [1.165, 1.54) is 0 Å². The Hall–Kier alpha value is -0.0800. The van der Waals surface area contributed by atoms with Crippen LogP contribution in [-0.4, -0.2) is 18.8 Å². The number of hydrogen-bond acceptors (Lipinski definition) is 2. The van der Waals surface area contributed by atoms with Gasteiger partial charge in [-0.3, -0.25) is 0 Å². The first-order valence-corrected chi connectivity index (χ1v) is 4.76. The van der Waals surface area contributed by atoms with Gasteiger partial charge in [-0.05, 0) is 25.3 Å². The van der Waals surface area contributed by atoms with Crippen LogP contribution in [0.2, 0.25) is 0 Å². The first kappa shape index (κ1) is 10.0. The Bertz CT molecular complexity index is 162. The fourth-order valence-electron chi connectivity index (χ4n) is 1.98. The Morgan fingerprint density at radius 2 is 2.08 bits per heavy atom. The van der Waals surface area contributed by atoms with Gasteiger partial charge in [-0.25, -0.2) is 0 Å². The number of ether oxygens (including phenoxy) is 1. The molecule has 2 unspecified atom stereocenters. The summed E-state index contributed by atoms with van der Waals surface area (Å²) >= 11 is 0. The lowest BCUT2D eigenvalue weighted by molar-refractivity contribution is -0.0854. The summed E-state index contributed by atoms with van der Waals surface area (Å²) in [6, 6.07) is 0. The maximum absolute atomic E-state index is 5.83. The van der Waals surface area contributed by atoms with Crippen LogP contribution in [0.1, 0.15) is 34.1 Å². The third-order valence-electron chi connectivity index (χ3n) is 3.42. The Kier molecular flexibility index (Phi) is 2.50. The highest BCUT2D eigenvalue weighted by molar-refractivity contribution is 4.97. The van der Waals surface area contributed by atoms with Crippen LogP contribution in [0.3, 0.4) is 0 Å². The van der Waals surface area contributed by atoms with Gasteiger partial charge in [0.2, 0.25) is 0 Å². The van der Waals surface area contributed by atoms with Crippen molar-refractivity contribution < 1.29 is 4.74 Å². The molecule has 1 heterocycles. The van der Waals surface area contributed by atoms with Gasteiger partial charge in [0.25, 0.3) is 0 Å². The van der Waals surface area contributed by atoms with E-state index in [0.29, 0.717) is 5.92 Å². The second-order valence-electron chi connectivity index (χ2n) is 4.93. The second-order valence-corrected chi connectivity index (χ2v) is 4.93. The Morgan fingerprint density at radius 3 is 2.42 bits per heavy atom. The zero-order valence-corrected chi connectivity index (χ0v) is 8.68. The van der Waals surface area contributed by atoms with E-state index < -0.39 is 0 Å². The second kappa shape index (κ2) is 3.00. The first-order chi connectivity index (χ1) is 5.42. The number of nitrogens with two attached hydrogens (primary N) is 1. The maximum atomic E-state index is 5.83.